The average molecular weight is 757 g/mol. The minimum Gasteiger partial charge on any atom is -0.456 e. The molecule has 1 aliphatic carbocycles. The smallest absolute Gasteiger partial charge is 0.164 e. The second-order valence-electron chi connectivity index (χ2n) is 16.0. The van der Waals surface area contributed by atoms with Gasteiger partial charge in [-0.05, 0) is 81.9 Å². The van der Waals surface area contributed by atoms with Gasteiger partial charge in [0, 0.05) is 49.3 Å². The molecule has 0 saturated carbocycles. The summed E-state index contributed by atoms with van der Waals surface area (Å²) in [5.74, 6) is 1.85. The Morgan fingerprint density at radius 1 is 0.407 bits per heavy atom. The molecule has 3 heterocycles. The standard InChI is InChI=1S/C54H36N4O/c1-54(2)44-24-11-9-21-38(44)41-31-42-39-22-10-12-25-46(39)58(47(42)32-45(41)54)37-20-13-19-35(29-37)36-27-28-48-43(30-36)50-40(23-14-26-49(50)59-48)53-56-51(33-15-5-3-6-16-33)55-52(57-53)34-17-7-4-8-18-34/h3-32H,1-2H3. The molecule has 12 rings (SSSR count). The average Bonchev–Trinajstić information content (AvgIpc) is 3.91. The van der Waals surface area contributed by atoms with Gasteiger partial charge in [-0.25, -0.2) is 15.0 Å². The van der Waals surface area contributed by atoms with Crippen molar-refractivity contribution in [3.05, 3.63) is 193 Å². The van der Waals surface area contributed by atoms with Crippen LogP contribution in [0.1, 0.15) is 25.0 Å². The van der Waals surface area contributed by atoms with Crippen LogP contribution in [0.25, 0.3) is 106 Å². The Morgan fingerprint density at radius 3 is 1.85 bits per heavy atom. The minimum atomic E-state index is -0.0988. The SMILES string of the molecule is CC1(C)c2ccccc2-c2cc3c4ccccc4n(-c4cccc(-c5ccc6oc7cccc(-c8nc(-c9ccccc9)nc(-c9ccccc9)n8)c7c6c5)c4)c3cc21. The molecule has 0 spiro atoms. The Labute approximate surface area is 340 Å². The third kappa shape index (κ3) is 5.14. The molecule has 3 aromatic heterocycles. The van der Waals surface area contributed by atoms with Gasteiger partial charge in [-0.2, -0.15) is 0 Å². The number of rotatable bonds is 5. The summed E-state index contributed by atoms with van der Waals surface area (Å²) in [7, 11) is 0. The van der Waals surface area contributed by atoms with Gasteiger partial charge in [0.2, 0.25) is 0 Å². The molecular formula is C54H36N4O. The van der Waals surface area contributed by atoms with Crippen molar-refractivity contribution in [1.29, 1.82) is 0 Å². The highest BCUT2D eigenvalue weighted by atomic mass is 16.3. The van der Waals surface area contributed by atoms with E-state index in [9.17, 15) is 0 Å². The molecule has 5 heteroatoms. The number of hydrogen-bond acceptors (Lipinski definition) is 4. The van der Waals surface area contributed by atoms with E-state index in [0.29, 0.717) is 17.5 Å². The molecule has 0 atom stereocenters. The predicted octanol–water partition coefficient (Wildman–Crippen LogP) is 13.8. The van der Waals surface area contributed by atoms with E-state index < -0.39 is 0 Å². The molecule has 0 fully saturated rings. The monoisotopic (exact) mass is 756 g/mol. The minimum absolute atomic E-state index is 0.0988. The summed E-state index contributed by atoms with van der Waals surface area (Å²) in [6.07, 6.45) is 0. The van der Waals surface area contributed by atoms with Crippen molar-refractivity contribution in [1.82, 2.24) is 19.5 Å². The Bertz CT molecular complexity index is 3410. The lowest BCUT2D eigenvalue weighted by Crippen LogP contribution is -2.14. The van der Waals surface area contributed by atoms with Crippen molar-refractivity contribution >= 4 is 43.7 Å². The lowest BCUT2D eigenvalue weighted by molar-refractivity contribution is 0.661. The fourth-order valence-electron chi connectivity index (χ4n) is 9.39. The Hall–Kier alpha value is -7.63. The summed E-state index contributed by atoms with van der Waals surface area (Å²) in [5.41, 5.74) is 15.4. The van der Waals surface area contributed by atoms with E-state index in [-0.39, 0.29) is 5.41 Å². The van der Waals surface area contributed by atoms with E-state index in [1.165, 1.54) is 44.1 Å². The summed E-state index contributed by atoms with van der Waals surface area (Å²) >= 11 is 0. The highest BCUT2D eigenvalue weighted by Crippen LogP contribution is 2.51. The van der Waals surface area contributed by atoms with Crippen LogP contribution in [-0.4, -0.2) is 19.5 Å². The van der Waals surface area contributed by atoms with Crippen LogP contribution in [0.2, 0.25) is 0 Å². The van der Waals surface area contributed by atoms with E-state index in [4.69, 9.17) is 19.4 Å². The second-order valence-corrected chi connectivity index (χ2v) is 16.0. The number of furan rings is 1. The van der Waals surface area contributed by atoms with E-state index in [1.54, 1.807) is 0 Å². The number of hydrogen-bond donors (Lipinski definition) is 0. The van der Waals surface area contributed by atoms with Gasteiger partial charge in [-0.1, -0.05) is 147 Å². The maximum Gasteiger partial charge on any atom is 0.164 e. The number of benzene rings is 8. The Kier molecular flexibility index (Phi) is 7.20. The van der Waals surface area contributed by atoms with Gasteiger partial charge < -0.3 is 8.98 Å². The summed E-state index contributed by atoms with van der Waals surface area (Å²) in [6, 6.07) is 64.2. The van der Waals surface area contributed by atoms with Gasteiger partial charge >= 0.3 is 0 Å². The van der Waals surface area contributed by atoms with Crippen molar-refractivity contribution in [3.63, 3.8) is 0 Å². The van der Waals surface area contributed by atoms with E-state index in [1.807, 2.05) is 72.8 Å². The number of nitrogens with zero attached hydrogens (tertiary/aromatic N) is 4. The molecular weight excluding hydrogens is 721 g/mol. The molecule has 0 unspecified atom stereocenters. The molecule has 1 aliphatic rings. The lowest BCUT2D eigenvalue weighted by Gasteiger charge is -2.21. The molecule has 0 bridgehead atoms. The third-order valence-corrected chi connectivity index (χ3v) is 12.2. The van der Waals surface area contributed by atoms with Gasteiger partial charge in [-0.15, -0.1) is 0 Å². The van der Waals surface area contributed by atoms with Crippen LogP contribution in [0.3, 0.4) is 0 Å². The molecule has 278 valence electrons. The highest BCUT2D eigenvalue weighted by Gasteiger charge is 2.36. The van der Waals surface area contributed by atoms with Crippen LogP contribution in [0.4, 0.5) is 0 Å². The largest absolute Gasteiger partial charge is 0.456 e. The molecule has 0 saturated heterocycles. The topological polar surface area (TPSA) is 56.7 Å². The van der Waals surface area contributed by atoms with Crippen LogP contribution in [0, 0.1) is 0 Å². The molecule has 0 radical (unpaired) electrons. The first kappa shape index (κ1) is 33.5. The van der Waals surface area contributed by atoms with Gasteiger partial charge in [0.1, 0.15) is 11.2 Å². The van der Waals surface area contributed by atoms with Crippen LogP contribution < -0.4 is 0 Å². The van der Waals surface area contributed by atoms with Crippen molar-refractivity contribution in [2.24, 2.45) is 0 Å². The summed E-state index contributed by atoms with van der Waals surface area (Å²) in [4.78, 5) is 15.1. The summed E-state index contributed by atoms with van der Waals surface area (Å²) in [5, 5.41) is 4.50. The Balaban J connectivity index is 1.02. The van der Waals surface area contributed by atoms with E-state index in [0.717, 1.165) is 55.4 Å². The zero-order valence-corrected chi connectivity index (χ0v) is 32.5. The lowest BCUT2D eigenvalue weighted by atomic mass is 9.82. The molecule has 0 N–H and O–H groups in total. The first-order valence-electron chi connectivity index (χ1n) is 20.1. The van der Waals surface area contributed by atoms with Crippen LogP contribution in [0.15, 0.2) is 186 Å². The first-order chi connectivity index (χ1) is 29.0. The van der Waals surface area contributed by atoms with E-state index >= 15 is 0 Å². The predicted molar refractivity (Wildman–Crippen MR) is 241 cm³/mol. The van der Waals surface area contributed by atoms with Crippen LogP contribution >= 0.6 is 0 Å². The summed E-state index contributed by atoms with van der Waals surface area (Å²) < 4.78 is 8.95. The van der Waals surface area contributed by atoms with Gasteiger partial charge in [0.25, 0.3) is 0 Å². The fraction of sp³-hybridized carbons (Fsp3) is 0.0556. The second kappa shape index (κ2) is 12.7. The van der Waals surface area contributed by atoms with Gasteiger partial charge in [0.15, 0.2) is 17.5 Å². The van der Waals surface area contributed by atoms with Gasteiger partial charge in [0.05, 0.1) is 11.0 Å². The fourth-order valence-corrected chi connectivity index (χ4v) is 9.39. The first-order valence-corrected chi connectivity index (χ1v) is 20.1. The Morgan fingerprint density at radius 2 is 1.05 bits per heavy atom. The van der Waals surface area contributed by atoms with Crippen molar-refractivity contribution in [2.75, 3.05) is 0 Å². The van der Waals surface area contributed by atoms with Crippen LogP contribution in [0.5, 0.6) is 0 Å². The van der Waals surface area contributed by atoms with Crippen molar-refractivity contribution in [3.8, 4) is 62.1 Å². The van der Waals surface area contributed by atoms with Crippen molar-refractivity contribution in [2.45, 2.75) is 19.3 Å². The number of para-hydroxylation sites is 1. The quantitative estimate of drug-likeness (QED) is 0.175. The summed E-state index contributed by atoms with van der Waals surface area (Å²) in [6.45, 7) is 4.70. The molecule has 0 amide bonds. The van der Waals surface area contributed by atoms with Crippen molar-refractivity contribution < 1.29 is 4.42 Å². The van der Waals surface area contributed by atoms with Gasteiger partial charge in [-0.3, -0.25) is 0 Å². The van der Waals surface area contributed by atoms with E-state index in [2.05, 4.69) is 128 Å². The number of aromatic nitrogens is 4. The zero-order valence-electron chi connectivity index (χ0n) is 32.5. The molecule has 8 aromatic carbocycles. The zero-order chi connectivity index (χ0) is 39.2. The maximum absolute atomic E-state index is 6.52. The molecule has 0 aliphatic heterocycles. The molecule has 11 aromatic rings. The van der Waals surface area contributed by atoms with Crippen LogP contribution in [-0.2, 0) is 5.41 Å². The molecule has 5 nitrogen and oxygen atoms in total. The third-order valence-electron chi connectivity index (χ3n) is 12.2. The molecule has 59 heavy (non-hydrogen) atoms. The number of fused-ring (bicyclic) bond motifs is 9. The maximum atomic E-state index is 6.52. The normalized spacial score (nSPS) is 13.1. The highest BCUT2D eigenvalue weighted by molar-refractivity contribution is 6.13.